The lowest BCUT2D eigenvalue weighted by Crippen LogP contribution is -2.30. The second kappa shape index (κ2) is 6.50. The Bertz CT molecular complexity index is 584. The number of nitrogens with two attached hydrogens (primary N) is 1. The molecule has 4 nitrogen and oxygen atoms in total. The monoisotopic (exact) mass is 271 g/mol. The van der Waals surface area contributed by atoms with Gasteiger partial charge in [0.05, 0.1) is 13.2 Å². The van der Waals surface area contributed by atoms with E-state index in [0.717, 1.165) is 17.9 Å². The molecule has 0 amide bonds. The highest BCUT2D eigenvalue weighted by Gasteiger charge is 2.16. The topological polar surface area (TPSA) is 60.2 Å². The second-order valence-corrected chi connectivity index (χ2v) is 4.93. The molecule has 1 aromatic heterocycles. The van der Waals surface area contributed by atoms with Gasteiger partial charge in [0.2, 0.25) is 0 Å². The minimum atomic E-state index is -0.0757. The molecular weight excluding hydrogens is 250 g/mol. The first kappa shape index (κ1) is 14.5. The van der Waals surface area contributed by atoms with Crippen molar-refractivity contribution in [3.63, 3.8) is 0 Å². The van der Waals surface area contributed by atoms with Crippen molar-refractivity contribution < 1.29 is 4.74 Å². The molecule has 0 saturated heterocycles. The van der Waals surface area contributed by atoms with Crippen molar-refractivity contribution in [1.29, 1.82) is 0 Å². The van der Waals surface area contributed by atoms with Crippen molar-refractivity contribution >= 4 is 0 Å². The van der Waals surface area contributed by atoms with Crippen LogP contribution in [0.1, 0.15) is 28.4 Å². The first-order valence-corrected chi connectivity index (χ1v) is 6.67. The van der Waals surface area contributed by atoms with Gasteiger partial charge in [0.15, 0.2) is 0 Å². The lowest BCUT2D eigenvalue weighted by Gasteiger charge is -2.18. The number of benzene rings is 1. The molecular formula is C16H21N3O. The van der Waals surface area contributed by atoms with Crippen molar-refractivity contribution in [3.8, 4) is 5.75 Å². The van der Waals surface area contributed by atoms with Crippen molar-refractivity contribution in [1.82, 2.24) is 10.4 Å². The van der Waals surface area contributed by atoms with Gasteiger partial charge >= 0.3 is 0 Å². The van der Waals surface area contributed by atoms with E-state index in [1.54, 1.807) is 13.3 Å². The summed E-state index contributed by atoms with van der Waals surface area (Å²) in [5.74, 6) is 6.45. The van der Waals surface area contributed by atoms with Crippen LogP contribution in [0.2, 0.25) is 0 Å². The summed E-state index contributed by atoms with van der Waals surface area (Å²) in [6, 6.07) is 10.1. The molecule has 1 aromatic carbocycles. The molecule has 4 heteroatoms. The van der Waals surface area contributed by atoms with E-state index in [4.69, 9.17) is 10.6 Å². The average Bonchev–Trinajstić information content (AvgIpc) is 2.48. The number of aryl methyl sites for hydroxylation is 2. The zero-order valence-electron chi connectivity index (χ0n) is 12.2. The molecule has 3 N–H and O–H groups in total. The van der Waals surface area contributed by atoms with Gasteiger partial charge in [-0.25, -0.2) is 0 Å². The number of nitrogens with one attached hydrogen (secondary N) is 1. The highest BCUT2D eigenvalue weighted by Crippen LogP contribution is 2.25. The quantitative estimate of drug-likeness (QED) is 0.648. The summed E-state index contributed by atoms with van der Waals surface area (Å²) < 4.78 is 5.35. The van der Waals surface area contributed by atoms with E-state index in [1.807, 2.05) is 12.1 Å². The number of methoxy groups -OCH3 is 1. The van der Waals surface area contributed by atoms with E-state index < -0.39 is 0 Å². The van der Waals surface area contributed by atoms with Gasteiger partial charge in [-0.2, -0.15) is 0 Å². The third-order valence-electron chi connectivity index (χ3n) is 3.56. The molecule has 0 aliphatic heterocycles. The van der Waals surface area contributed by atoms with Crippen LogP contribution in [0.3, 0.4) is 0 Å². The van der Waals surface area contributed by atoms with E-state index in [-0.39, 0.29) is 6.04 Å². The normalized spacial score (nSPS) is 12.2. The Kier molecular flexibility index (Phi) is 4.71. The Morgan fingerprint density at radius 1 is 1.25 bits per heavy atom. The Balaban J connectivity index is 2.26. The van der Waals surface area contributed by atoms with E-state index in [1.165, 1.54) is 16.7 Å². The number of pyridine rings is 1. The lowest BCUT2D eigenvalue weighted by molar-refractivity contribution is 0.394. The minimum absolute atomic E-state index is 0.0757. The summed E-state index contributed by atoms with van der Waals surface area (Å²) in [5, 5.41) is 0. The maximum atomic E-state index is 5.70. The molecule has 1 unspecified atom stereocenters. The molecule has 1 heterocycles. The van der Waals surface area contributed by atoms with Crippen LogP contribution < -0.4 is 16.0 Å². The van der Waals surface area contributed by atoms with Crippen molar-refractivity contribution in [2.45, 2.75) is 26.3 Å². The van der Waals surface area contributed by atoms with Crippen molar-refractivity contribution in [2.24, 2.45) is 5.84 Å². The van der Waals surface area contributed by atoms with Gasteiger partial charge in [-0.1, -0.05) is 18.2 Å². The fourth-order valence-electron chi connectivity index (χ4n) is 2.24. The smallest absolute Gasteiger partial charge is 0.142 e. The summed E-state index contributed by atoms with van der Waals surface area (Å²) in [6.07, 6.45) is 2.52. The molecule has 106 valence electrons. The summed E-state index contributed by atoms with van der Waals surface area (Å²) in [7, 11) is 1.64. The molecule has 0 aliphatic rings. The average molecular weight is 271 g/mol. The maximum Gasteiger partial charge on any atom is 0.142 e. The predicted molar refractivity (Wildman–Crippen MR) is 80.5 cm³/mol. The molecule has 2 rings (SSSR count). The Morgan fingerprint density at radius 3 is 2.70 bits per heavy atom. The van der Waals surface area contributed by atoms with Gasteiger partial charge in [0, 0.05) is 6.20 Å². The van der Waals surface area contributed by atoms with E-state index >= 15 is 0 Å². The van der Waals surface area contributed by atoms with Crippen LogP contribution in [0.15, 0.2) is 36.5 Å². The largest absolute Gasteiger partial charge is 0.495 e. The molecule has 20 heavy (non-hydrogen) atoms. The first-order chi connectivity index (χ1) is 9.65. The molecule has 0 aliphatic carbocycles. The number of nitrogens with zero attached hydrogens (tertiary/aromatic N) is 1. The molecule has 0 spiro atoms. The number of aromatic nitrogens is 1. The summed E-state index contributed by atoms with van der Waals surface area (Å²) in [6.45, 7) is 4.23. The maximum absolute atomic E-state index is 5.70. The van der Waals surface area contributed by atoms with Gasteiger partial charge in [-0.05, 0) is 49.1 Å². The standard InChI is InChI=1S/C16H21N3O/c1-11-6-7-13(9-12(11)2)10-14(19-17)16-15(20-3)5-4-8-18-16/h4-9,14,19H,10,17H2,1-3H3. The molecule has 1 atom stereocenters. The fraction of sp³-hybridized carbons (Fsp3) is 0.312. The molecule has 0 bridgehead atoms. The molecule has 0 saturated carbocycles. The first-order valence-electron chi connectivity index (χ1n) is 6.67. The molecule has 0 radical (unpaired) electrons. The van der Waals surface area contributed by atoms with Crippen LogP contribution in [0.25, 0.3) is 0 Å². The van der Waals surface area contributed by atoms with Crippen LogP contribution in [-0.4, -0.2) is 12.1 Å². The third-order valence-corrected chi connectivity index (χ3v) is 3.56. The summed E-state index contributed by atoms with van der Waals surface area (Å²) in [4.78, 5) is 4.39. The Morgan fingerprint density at radius 2 is 2.05 bits per heavy atom. The predicted octanol–water partition coefficient (Wildman–Crippen LogP) is 2.45. The molecule has 0 fully saturated rings. The second-order valence-electron chi connectivity index (χ2n) is 4.93. The van der Waals surface area contributed by atoms with Crippen molar-refractivity contribution in [3.05, 3.63) is 58.9 Å². The zero-order valence-corrected chi connectivity index (χ0v) is 12.2. The van der Waals surface area contributed by atoms with Crippen molar-refractivity contribution in [2.75, 3.05) is 7.11 Å². The van der Waals surface area contributed by atoms with Crippen LogP contribution >= 0.6 is 0 Å². The number of ether oxygens (including phenoxy) is 1. The lowest BCUT2D eigenvalue weighted by atomic mass is 9.99. The number of hydrogen-bond donors (Lipinski definition) is 2. The minimum Gasteiger partial charge on any atom is -0.495 e. The Labute approximate surface area is 120 Å². The van der Waals surface area contributed by atoms with Crippen LogP contribution in [0.5, 0.6) is 5.75 Å². The number of rotatable bonds is 5. The van der Waals surface area contributed by atoms with E-state index in [9.17, 15) is 0 Å². The number of hydrogen-bond acceptors (Lipinski definition) is 4. The van der Waals surface area contributed by atoms with Gasteiger partial charge in [0.25, 0.3) is 0 Å². The van der Waals surface area contributed by atoms with Crippen LogP contribution in [-0.2, 0) is 6.42 Å². The Hall–Kier alpha value is -1.91. The van der Waals surface area contributed by atoms with Crippen LogP contribution in [0, 0.1) is 13.8 Å². The SMILES string of the molecule is COc1cccnc1C(Cc1ccc(C)c(C)c1)NN. The third kappa shape index (κ3) is 3.15. The van der Waals surface area contributed by atoms with E-state index in [0.29, 0.717) is 0 Å². The molecule has 2 aromatic rings. The van der Waals surface area contributed by atoms with Gasteiger partial charge in [-0.15, -0.1) is 0 Å². The zero-order chi connectivity index (χ0) is 14.5. The summed E-state index contributed by atoms with van der Waals surface area (Å²) >= 11 is 0. The fourth-order valence-corrected chi connectivity index (χ4v) is 2.24. The summed E-state index contributed by atoms with van der Waals surface area (Å²) in [5.41, 5.74) is 7.46. The van der Waals surface area contributed by atoms with Gasteiger partial charge in [-0.3, -0.25) is 16.3 Å². The van der Waals surface area contributed by atoms with E-state index in [2.05, 4.69) is 42.5 Å². The van der Waals surface area contributed by atoms with Gasteiger partial charge in [0.1, 0.15) is 11.4 Å². The van der Waals surface area contributed by atoms with Gasteiger partial charge < -0.3 is 4.74 Å². The highest BCUT2D eigenvalue weighted by molar-refractivity contribution is 5.34. The number of hydrazine groups is 1. The van der Waals surface area contributed by atoms with Crippen LogP contribution in [0.4, 0.5) is 0 Å². The highest BCUT2D eigenvalue weighted by atomic mass is 16.5.